The molecule has 1 aromatic carbocycles. The van der Waals surface area contributed by atoms with Gasteiger partial charge in [-0.3, -0.25) is 9.79 Å². The average molecular weight is 464 g/mol. The van der Waals surface area contributed by atoms with Gasteiger partial charge in [0.25, 0.3) is 5.79 Å². The van der Waals surface area contributed by atoms with Gasteiger partial charge in [0.05, 0.1) is 0 Å². The molecule has 5 fully saturated rings. The largest absolute Gasteiger partial charge is 0.524 e. The fraction of sp³-hybridized carbons (Fsp3) is 0.545. The van der Waals surface area contributed by atoms with Gasteiger partial charge in [-0.25, -0.2) is 9.45 Å². The summed E-state index contributed by atoms with van der Waals surface area (Å²) in [7, 11) is -3.14. The molecule has 5 aliphatic rings. The van der Waals surface area contributed by atoms with Crippen LogP contribution in [0.4, 0.5) is 0 Å². The number of hydrogen-bond acceptors (Lipinski definition) is 6. The maximum Gasteiger partial charge on any atom is 0.524 e. The predicted octanol–water partition coefficient (Wildman–Crippen LogP) is 4.84. The molecule has 1 unspecified atom stereocenters. The molecule has 1 aromatic heterocycles. The van der Waals surface area contributed by atoms with Gasteiger partial charge in [0.1, 0.15) is 5.75 Å². The summed E-state index contributed by atoms with van der Waals surface area (Å²) in [6, 6.07) is 7.25. The Hall–Kier alpha value is -1.25. The molecule has 4 bridgehead atoms. The van der Waals surface area contributed by atoms with E-state index in [9.17, 15) is 14.4 Å². The molecule has 166 valence electrons. The van der Waals surface area contributed by atoms with Crippen LogP contribution >= 0.6 is 19.2 Å². The van der Waals surface area contributed by atoms with E-state index in [-0.39, 0.29) is 5.75 Å². The molecule has 0 amide bonds. The van der Waals surface area contributed by atoms with Crippen LogP contribution < -0.4 is 4.52 Å². The Morgan fingerprint density at radius 2 is 1.77 bits per heavy atom. The van der Waals surface area contributed by atoms with Crippen LogP contribution in [-0.4, -0.2) is 22.5 Å². The van der Waals surface area contributed by atoms with Crippen LogP contribution in [0.5, 0.6) is 5.75 Å². The second-order valence-corrected chi connectivity index (χ2v) is 11.3. The molecule has 31 heavy (non-hydrogen) atoms. The molecule has 1 aliphatic heterocycles. The highest BCUT2D eigenvalue weighted by Gasteiger charge is 2.76. The minimum atomic E-state index is -4.76. The number of phosphoric acid groups is 1. The lowest BCUT2D eigenvalue weighted by Crippen LogP contribution is -2.76. The van der Waals surface area contributed by atoms with E-state index in [4.69, 9.17) is 19.0 Å². The van der Waals surface area contributed by atoms with Gasteiger partial charge in [-0.2, -0.15) is 16.2 Å². The van der Waals surface area contributed by atoms with E-state index in [2.05, 4.69) is 0 Å². The monoisotopic (exact) mass is 464 g/mol. The predicted molar refractivity (Wildman–Crippen MR) is 113 cm³/mol. The molecule has 2 aromatic rings. The Morgan fingerprint density at radius 3 is 2.29 bits per heavy atom. The summed E-state index contributed by atoms with van der Waals surface area (Å²) in [6.07, 6.45) is 5.76. The van der Waals surface area contributed by atoms with Crippen molar-refractivity contribution < 1.29 is 33.4 Å². The van der Waals surface area contributed by atoms with E-state index < -0.39 is 19.2 Å². The van der Waals surface area contributed by atoms with Crippen LogP contribution in [0.3, 0.4) is 0 Å². The molecule has 4 saturated carbocycles. The van der Waals surface area contributed by atoms with E-state index in [1.165, 1.54) is 17.8 Å². The third kappa shape index (κ3) is 2.86. The number of ether oxygens (including phenoxy) is 1. The van der Waals surface area contributed by atoms with Gasteiger partial charge in [-0.15, -0.1) is 0 Å². The molecule has 4 aliphatic carbocycles. The van der Waals surface area contributed by atoms with Gasteiger partial charge in [0.2, 0.25) is 0 Å². The lowest BCUT2D eigenvalue weighted by Gasteiger charge is -2.68. The maximum absolute atomic E-state index is 11.7. The standard InChI is InChI=1S/C22H25O7PS/c1-26-22(21(28-29-22)17-7-13-6-14(9-17)10-18(21)8-13)16-2-3-19(15-4-5-31-12-15)20(11-16)27-30(23,24)25/h2-5,11-14,17-18H,6-10H2,1H3,(H2,23,24,25). The highest BCUT2D eigenvalue weighted by molar-refractivity contribution is 7.46. The van der Waals surface area contributed by atoms with Gasteiger partial charge >= 0.3 is 7.82 Å². The van der Waals surface area contributed by atoms with Crippen molar-refractivity contribution in [3.8, 4) is 16.9 Å². The first-order chi connectivity index (χ1) is 14.8. The number of benzene rings is 1. The fourth-order valence-electron chi connectivity index (χ4n) is 6.94. The lowest BCUT2D eigenvalue weighted by molar-refractivity contribution is -0.645. The molecule has 1 saturated heterocycles. The van der Waals surface area contributed by atoms with Gasteiger partial charge in [-0.1, -0.05) is 12.1 Å². The highest BCUT2D eigenvalue weighted by atomic mass is 32.1. The second-order valence-electron chi connectivity index (χ2n) is 9.39. The Labute approximate surface area is 184 Å². The molecule has 2 heterocycles. The van der Waals surface area contributed by atoms with Crippen molar-refractivity contribution in [3.05, 3.63) is 40.6 Å². The van der Waals surface area contributed by atoms with Crippen molar-refractivity contribution in [3.63, 3.8) is 0 Å². The van der Waals surface area contributed by atoms with Crippen molar-refractivity contribution >= 4 is 19.2 Å². The summed E-state index contributed by atoms with van der Waals surface area (Å²) in [5.41, 5.74) is 1.54. The highest BCUT2D eigenvalue weighted by Crippen LogP contribution is 2.69. The third-order valence-corrected chi connectivity index (χ3v) is 8.98. The number of rotatable bonds is 5. The number of phosphoric ester groups is 1. The summed E-state index contributed by atoms with van der Waals surface area (Å²) in [4.78, 5) is 30.8. The summed E-state index contributed by atoms with van der Waals surface area (Å²) < 4.78 is 22.9. The van der Waals surface area contributed by atoms with Gasteiger partial charge in [-0.05, 0) is 84.2 Å². The summed E-state index contributed by atoms with van der Waals surface area (Å²) >= 11 is 1.51. The second kappa shape index (κ2) is 6.87. The Kier molecular flexibility index (Phi) is 4.52. The number of hydrogen-bond donors (Lipinski definition) is 2. The van der Waals surface area contributed by atoms with Crippen LogP contribution in [0, 0.1) is 23.7 Å². The van der Waals surface area contributed by atoms with Crippen LogP contribution in [-0.2, 0) is 24.9 Å². The fourth-order valence-corrected chi connectivity index (χ4v) is 8.01. The van der Waals surface area contributed by atoms with Crippen LogP contribution in [0.2, 0.25) is 0 Å². The molecule has 7 nitrogen and oxygen atoms in total. The number of thiophene rings is 1. The van der Waals surface area contributed by atoms with Crippen molar-refractivity contribution in [1.82, 2.24) is 0 Å². The maximum atomic E-state index is 11.7. The molecule has 9 heteroatoms. The van der Waals surface area contributed by atoms with E-state index in [1.807, 2.05) is 29.0 Å². The number of methoxy groups -OCH3 is 1. The Bertz CT molecular complexity index is 1020. The quantitative estimate of drug-likeness (QED) is 0.483. The van der Waals surface area contributed by atoms with E-state index in [1.54, 1.807) is 13.2 Å². The third-order valence-electron chi connectivity index (χ3n) is 7.86. The van der Waals surface area contributed by atoms with Crippen molar-refractivity contribution in [1.29, 1.82) is 0 Å². The van der Waals surface area contributed by atoms with Crippen LogP contribution in [0.25, 0.3) is 11.1 Å². The Balaban J connectivity index is 1.46. The lowest BCUT2D eigenvalue weighted by atomic mass is 9.47. The first-order valence-electron chi connectivity index (χ1n) is 10.7. The molecule has 7 rings (SSSR count). The Morgan fingerprint density at radius 1 is 1.06 bits per heavy atom. The molecule has 2 N–H and O–H groups in total. The van der Waals surface area contributed by atoms with Gasteiger partial charge in [0, 0.05) is 18.2 Å². The van der Waals surface area contributed by atoms with E-state index in [0.29, 0.717) is 23.0 Å². The molecule has 0 radical (unpaired) electrons. The SMILES string of the molecule is COC1(c2ccc(-c3ccsc3)c(OP(=O)(O)O)c2)OOC12C1CC3CC(C1)CC2C3. The molecular formula is C22H25O7PS. The molecule has 1 spiro atoms. The van der Waals surface area contributed by atoms with Crippen LogP contribution in [0.15, 0.2) is 35.0 Å². The molecular weight excluding hydrogens is 439 g/mol. The van der Waals surface area contributed by atoms with Gasteiger partial charge < -0.3 is 9.26 Å². The van der Waals surface area contributed by atoms with Crippen molar-refractivity contribution in [2.24, 2.45) is 23.7 Å². The summed E-state index contributed by atoms with van der Waals surface area (Å²) in [6.45, 7) is 0. The average Bonchev–Trinajstić information content (AvgIpc) is 3.21. The topological polar surface area (TPSA) is 94.5 Å². The zero-order valence-corrected chi connectivity index (χ0v) is 18.8. The van der Waals surface area contributed by atoms with E-state index in [0.717, 1.165) is 43.1 Å². The smallest absolute Gasteiger partial charge is 0.404 e. The zero-order valence-electron chi connectivity index (χ0n) is 17.1. The van der Waals surface area contributed by atoms with E-state index >= 15 is 0 Å². The van der Waals surface area contributed by atoms with Crippen LogP contribution in [0.1, 0.15) is 37.7 Å². The minimum Gasteiger partial charge on any atom is -0.404 e. The summed E-state index contributed by atoms with van der Waals surface area (Å²) in [5.74, 6) is 1.19. The first-order valence-corrected chi connectivity index (χ1v) is 13.2. The van der Waals surface area contributed by atoms with Gasteiger partial charge in [0.15, 0.2) is 5.60 Å². The first kappa shape index (κ1) is 20.4. The zero-order chi connectivity index (χ0) is 21.4. The van der Waals surface area contributed by atoms with Crippen molar-refractivity contribution in [2.75, 3.05) is 7.11 Å². The molecule has 1 atom stereocenters. The normalized spacial score (nSPS) is 38.4. The summed E-state index contributed by atoms with van der Waals surface area (Å²) in [5, 5.41) is 3.82. The minimum absolute atomic E-state index is 0.107. The van der Waals surface area contributed by atoms with Crippen molar-refractivity contribution in [2.45, 2.75) is 43.5 Å².